The van der Waals surface area contributed by atoms with Gasteiger partial charge in [0, 0.05) is 30.2 Å². The van der Waals surface area contributed by atoms with Gasteiger partial charge in [0.15, 0.2) is 0 Å². The van der Waals surface area contributed by atoms with Gasteiger partial charge in [-0.05, 0) is 19.1 Å². The van der Waals surface area contributed by atoms with Crippen LogP contribution in [0, 0.1) is 10.8 Å². The molecule has 0 spiro atoms. The Labute approximate surface area is 114 Å². The number of aromatic nitrogens is 1. The van der Waals surface area contributed by atoms with Crippen LogP contribution >= 0.6 is 0 Å². The molecule has 0 aromatic carbocycles. The Morgan fingerprint density at radius 1 is 1.05 bits per heavy atom. The Kier molecular flexibility index (Phi) is 3.84. The molecule has 0 radical (unpaired) electrons. The standard InChI is InChI=1S/C16H20N2O/c1-15(2)6-7-16(3,12-18-11-8-15)13-19-14-4-9-17-10-5-14/h4-12H,13H2,1-3H3. The van der Waals surface area contributed by atoms with Gasteiger partial charge in [0.1, 0.15) is 12.4 Å². The van der Waals surface area contributed by atoms with Crippen molar-refractivity contribution >= 4 is 6.21 Å². The van der Waals surface area contributed by atoms with Gasteiger partial charge in [-0.3, -0.25) is 9.98 Å². The van der Waals surface area contributed by atoms with Crippen LogP contribution in [0.15, 0.2) is 53.9 Å². The van der Waals surface area contributed by atoms with Gasteiger partial charge >= 0.3 is 0 Å². The van der Waals surface area contributed by atoms with Crippen molar-refractivity contribution in [1.82, 2.24) is 4.98 Å². The van der Waals surface area contributed by atoms with Crippen LogP contribution in [0.3, 0.4) is 0 Å². The zero-order valence-corrected chi connectivity index (χ0v) is 11.7. The Balaban J connectivity index is 2.10. The number of nitrogens with zero attached hydrogens (tertiary/aromatic N) is 2. The molecule has 0 N–H and O–H groups in total. The summed E-state index contributed by atoms with van der Waals surface area (Å²) in [7, 11) is 0. The average molecular weight is 256 g/mol. The highest BCUT2D eigenvalue weighted by molar-refractivity contribution is 5.69. The van der Waals surface area contributed by atoms with Crippen molar-refractivity contribution in [3.63, 3.8) is 0 Å². The van der Waals surface area contributed by atoms with Gasteiger partial charge < -0.3 is 4.74 Å². The maximum Gasteiger partial charge on any atom is 0.122 e. The second-order valence-electron chi connectivity index (χ2n) is 5.73. The van der Waals surface area contributed by atoms with Gasteiger partial charge in [-0.1, -0.05) is 32.1 Å². The van der Waals surface area contributed by atoms with E-state index in [2.05, 4.69) is 49.0 Å². The fraction of sp³-hybridized carbons (Fsp3) is 0.375. The van der Waals surface area contributed by atoms with Crippen LogP contribution in [0.4, 0.5) is 0 Å². The highest BCUT2D eigenvalue weighted by Crippen LogP contribution is 2.26. The molecular formula is C16H20N2O. The van der Waals surface area contributed by atoms with Gasteiger partial charge in [0.25, 0.3) is 0 Å². The summed E-state index contributed by atoms with van der Waals surface area (Å²) in [6, 6.07) is 3.72. The van der Waals surface area contributed by atoms with E-state index in [1.165, 1.54) is 0 Å². The van der Waals surface area contributed by atoms with Gasteiger partial charge in [-0.15, -0.1) is 0 Å². The predicted molar refractivity (Wildman–Crippen MR) is 78.4 cm³/mol. The Hall–Kier alpha value is -1.90. The van der Waals surface area contributed by atoms with Crippen molar-refractivity contribution in [2.24, 2.45) is 15.8 Å². The minimum atomic E-state index is -0.203. The van der Waals surface area contributed by atoms with Crippen molar-refractivity contribution in [1.29, 1.82) is 0 Å². The summed E-state index contributed by atoms with van der Waals surface area (Å²) in [5, 5.41) is 0. The van der Waals surface area contributed by atoms with Crippen LogP contribution in [-0.2, 0) is 0 Å². The largest absolute Gasteiger partial charge is 0.492 e. The second kappa shape index (κ2) is 5.39. The molecule has 0 bridgehead atoms. The van der Waals surface area contributed by atoms with E-state index < -0.39 is 0 Å². The third-order valence-corrected chi connectivity index (χ3v) is 3.05. The van der Waals surface area contributed by atoms with Crippen LogP contribution in [0.25, 0.3) is 0 Å². The molecule has 0 saturated heterocycles. The first-order valence-electron chi connectivity index (χ1n) is 6.44. The molecule has 100 valence electrons. The Morgan fingerprint density at radius 2 is 1.79 bits per heavy atom. The second-order valence-corrected chi connectivity index (χ2v) is 5.73. The van der Waals surface area contributed by atoms with Crippen LogP contribution in [0.1, 0.15) is 20.8 Å². The molecule has 1 aromatic heterocycles. The highest BCUT2D eigenvalue weighted by Gasteiger charge is 2.22. The van der Waals surface area contributed by atoms with E-state index in [9.17, 15) is 0 Å². The van der Waals surface area contributed by atoms with E-state index in [4.69, 9.17) is 4.74 Å². The summed E-state index contributed by atoms with van der Waals surface area (Å²) in [5.41, 5.74) is -0.180. The lowest BCUT2D eigenvalue weighted by atomic mass is 9.85. The van der Waals surface area contributed by atoms with Crippen LogP contribution in [0.2, 0.25) is 0 Å². The fourth-order valence-electron chi connectivity index (χ4n) is 1.71. The van der Waals surface area contributed by atoms with Crippen molar-refractivity contribution in [2.75, 3.05) is 6.61 Å². The molecule has 19 heavy (non-hydrogen) atoms. The van der Waals surface area contributed by atoms with E-state index >= 15 is 0 Å². The molecular weight excluding hydrogens is 236 g/mol. The maximum atomic E-state index is 5.81. The molecule has 1 aliphatic rings. The zero-order valence-electron chi connectivity index (χ0n) is 11.7. The van der Waals surface area contributed by atoms with Crippen molar-refractivity contribution < 1.29 is 4.74 Å². The molecule has 1 unspecified atom stereocenters. The molecule has 0 amide bonds. The number of hydrogen-bond donors (Lipinski definition) is 0. The first-order chi connectivity index (χ1) is 8.99. The molecule has 0 saturated carbocycles. The van der Waals surface area contributed by atoms with Gasteiger partial charge in [0.05, 0.1) is 5.41 Å². The first-order valence-corrected chi connectivity index (χ1v) is 6.44. The summed E-state index contributed by atoms with van der Waals surface area (Å²) in [5.74, 6) is 0.829. The van der Waals surface area contributed by atoms with Crippen molar-refractivity contribution in [3.05, 3.63) is 49.0 Å². The van der Waals surface area contributed by atoms with Crippen LogP contribution < -0.4 is 4.74 Å². The summed E-state index contributed by atoms with van der Waals surface area (Å²) >= 11 is 0. The Bertz CT molecular complexity index is 503. The van der Waals surface area contributed by atoms with E-state index in [-0.39, 0.29) is 10.8 Å². The molecule has 3 heteroatoms. The van der Waals surface area contributed by atoms with Crippen LogP contribution in [0.5, 0.6) is 5.75 Å². The highest BCUT2D eigenvalue weighted by atomic mass is 16.5. The normalized spacial score (nSPS) is 24.8. The van der Waals surface area contributed by atoms with Gasteiger partial charge in [-0.2, -0.15) is 0 Å². The number of rotatable bonds is 3. The monoisotopic (exact) mass is 256 g/mol. The van der Waals surface area contributed by atoms with Gasteiger partial charge in [-0.25, -0.2) is 0 Å². The third-order valence-electron chi connectivity index (χ3n) is 3.05. The molecule has 0 aliphatic carbocycles. The zero-order chi connectivity index (χ0) is 13.8. The van der Waals surface area contributed by atoms with E-state index in [1.807, 2.05) is 24.5 Å². The number of aliphatic imine (C=N–C) groups is 1. The lowest BCUT2D eigenvalue weighted by Crippen LogP contribution is -2.26. The molecule has 1 aliphatic heterocycles. The van der Waals surface area contributed by atoms with Crippen molar-refractivity contribution in [3.8, 4) is 5.75 Å². The molecule has 1 aromatic rings. The van der Waals surface area contributed by atoms with E-state index in [0.717, 1.165) is 5.75 Å². The lowest BCUT2D eigenvalue weighted by Gasteiger charge is -2.25. The topological polar surface area (TPSA) is 34.5 Å². The summed E-state index contributed by atoms with van der Waals surface area (Å²) in [4.78, 5) is 8.32. The minimum absolute atomic E-state index is 0.0235. The summed E-state index contributed by atoms with van der Waals surface area (Å²) < 4.78 is 5.81. The smallest absolute Gasteiger partial charge is 0.122 e. The fourth-order valence-corrected chi connectivity index (χ4v) is 1.71. The number of allylic oxidation sites excluding steroid dienone is 2. The molecule has 3 nitrogen and oxygen atoms in total. The third kappa shape index (κ3) is 4.05. The molecule has 2 rings (SSSR count). The molecule has 2 heterocycles. The SMILES string of the molecule is CC1(C)C=CN=CC(C)(COc2ccncc2)C=C1. The van der Waals surface area contributed by atoms with E-state index in [1.54, 1.807) is 12.4 Å². The maximum absolute atomic E-state index is 5.81. The number of hydrogen-bond acceptors (Lipinski definition) is 3. The number of ether oxygens (including phenoxy) is 1. The minimum Gasteiger partial charge on any atom is -0.492 e. The Morgan fingerprint density at radius 3 is 2.53 bits per heavy atom. The van der Waals surface area contributed by atoms with E-state index in [0.29, 0.717) is 6.61 Å². The molecule has 1 atom stereocenters. The lowest BCUT2D eigenvalue weighted by molar-refractivity contribution is 0.256. The quantitative estimate of drug-likeness (QED) is 0.774. The number of pyridine rings is 1. The average Bonchev–Trinajstić information content (AvgIpc) is 2.40. The molecule has 0 fully saturated rings. The van der Waals surface area contributed by atoms with Crippen molar-refractivity contribution in [2.45, 2.75) is 20.8 Å². The first kappa shape index (κ1) is 13.5. The predicted octanol–water partition coefficient (Wildman–Crippen LogP) is 3.65. The summed E-state index contributed by atoms with van der Waals surface area (Å²) in [6.45, 7) is 6.99. The van der Waals surface area contributed by atoms with Crippen LogP contribution in [-0.4, -0.2) is 17.8 Å². The van der Waals surface area contributed by atoms with Gasteiger partial charge in [0.2, 0.25) is 0 Å². The summed E-state index contributed by atoms with van der Waals surface area (Å²) in [6.07, 6.45) is 13.7.